The molecule has 0 heterocycles. The largest absolute Gasteiger partial charge is 0.376 e. The van der Waals surface area contributed by atoms with Crippen LogP contribution >= 0.6 is 0 Å². The van der Waals surface area contributed by atoms with Crippen LogP contribution in [0.5, 0.6) is 0 Å². The number of hydrogen-bond acceptors (Lipinski definition) is 7. The summed E-state index contributed by atoms with van der Waals surface area (Å²) in [5, 5.41) is 23.7. The molecule has 1 atom stereocenters. The lowest BCUT2D eigenvalue weighted by Crippen LogP contribution is -2.52. The summed E-state index contributed by atoms with van der Waals surface area (Å²) < 4.78 is 0. The Morgan fingerprint density at radius 1 is 0.771 bits per heavy atom. The normalized spacial score (nSPS) is 11.1. The van der Waals surface area contributed by atoms with E-state index in [2.05, 4.69) is 31.9 Å². The minimum Gasteiger partial charge on any atom is -0.376 e. The summed E-state index contributed by atoms with van der Waals surface area (Å²) in [6.07, 6.45) is 3.09. The highest BCUT2D eigenvalue weighted by molar-refractivity contribution is 5.92. The summed E-state index contributed by atoms with van der Waals surface area (Å²) in [7, 11) is 1.87. The van der Waals surface area contributed by atoms with Crippen LogP contribution in [0.2, 0.25) is 0 Å². The molecule has 12 nitrogen and oxygen atoms in total. The molecule has 12 heteroatoms. The molecule has 35 heavy (non-hydrogen) atoms. The highest BCUT2D eigenvalue weighted by Gasteiger charge is 2.22. The minimum absolute atomic E-state index is 0.165. The molecule has 0 aliphatic heterocycles. The van der Waals surface area contributed by atoms with E-state index in [1.807, 2.05) is 13.1 Å². The minimum atomic E-state index is -0.994. The van der Waals surface area contributed by atoms with E-state index in [4.69, 9.17) is 5.11 Å². The van der Waals surface area contributed by atoms with E-state index < -0.39 is 36.4 Å². The van der Waals surface area contributed by atoms with E-state index in [1.165, 1.54) is 0 Å². The SMILES string of the molecule is CNCCCCCC(=O)NCC(=O)NCC(=O)N[C@@H](Cc1ccccc1)C(=O)NCC(=O)NCO. The number of aliphatic hydroxyl groups is 1. The van der Waals surface area contributed by atoms with Crippen LogP contribution in [-0.2, 0) is 30.4 Å². The van der Waals surface area contributed by atoms with Crippen LogP contribution in [-0.4, -0.2) is 80.6 Å². The van der Waals surface area contributed by atoms with E-state index in [-0.39, 0.29) is 32.0 Å². The molecule has 0 radical (unpaired) electrons. The van der Waals surface area contributed by atoms with Gasteiger partial charge in [-0.1, -0.05) is 36.8 Å². The standard InChI is InChI=1S/C23H36N6O6/c1-24-11-7-3-6-10-19(31)25-13-20(32)26-15-22(34)29-18(12-17-8-4-2-5-9-17)23(35)27-14-21(33)28-16-30/h2,4-5,8-9,18,24,30H,3,6-7,10-16H2,1H3,(H,25,31)(H,26,32)(H,27,35)(H,28,33)(H,29,34)/t18-/m0/s1. The molecule has 0 aliphatic rings. The second-order valence-corrected chi connectivity index (χ2v) is 7.75. The summed E-state index contributed by atoms with van der Waals surface area (Å²) in [6.45, 7) is -0.681. The van der Waals surface area contributed by atoms with Crippen molar-refractivity contribution in [3.63, 3.8) is 0 Å². The second-order valence-electron chi connectivity index (χ2n) is 7.75. The average Bonchev–Trinajstić information content (AvgIpc) is 2.85. The number of hydrogen-bond donors (Lipinski definition) is 7. The Kier molecular flexibility index (Phi) is 15.1. The van der Waals surface area contributed by atoms with Crippen molar-refractivity contribution >= 4 is 29.5 Å². The Morgan fingerprint density at radius 3 is 2.09 bits per heavy atom. The molecule has 5 amide bonds. The van der Waals surface area contributed by atoms with Gasteiger partial charge in [-0.05, 0) is 32.0 Å². The van der Waals surface area contributed by atoms with Crippen molar-refractivity contribution in [2.75, 3.05) is 40.0 Å². The fraction of sp³-hybridized carbons (Fsp3) is 0.522. The van der Waals surface area contributed by atoms with Gasteiger partial charge in [-0.3, -0.25) is 24.0 Å². The maximum atomic E-state index is 12.5. The van der Waals surface area contributed by atoms with E-state index in [1.54, 1.807) is 24.3 Å². The van der Waals surface area contributed by atoms with Crippen molar-refractivity contribution in [3.05, 3.63) is 35.9 Å². The first-order chi connectivity index (χ1) is 16.8. The number of nitrogens with one attached hydrogen (secondary N) is 6. The quantitative estimate of drug-likeness (QED) is 0.0962. The maximum Gasteiger partial charge on any atom is 0.243 e. The lowest BCUT2D eigenvalue weighted by atomic mass is 10.1. The molecule has 0 fully saturated rings. The molecule has 0 saturated carbocycles. The van der Waals surface area contributed by atoms with Gasteiger partial charge in [0.15, 0.2) is 0 Å². The van der Waals surface area contributed by atoms with Crippen LogP contribution in [0.1, 0.15) is 31.2 Å². The molecule has 0 aromatic heterocycles. The monoisotopic (exact) mass is 492 g/mol. The van der Waals surface area contributed by atoms with Crippen molar-refractivity contribution in [3.8, 4) is 0 Å². The molecule has 0 aliphatic carbocycles. The fourth-order valence-electron chi connectivity index (χ4n) is 3.02. The predicted octanol–water partition coefficient (Wildman–Crippen LogP) is -2.09. The summed E-state index contributed by atoms with van der Waals surface area (Å²) in [5.41, 5.74) is 0.783. The molecular weight excluding hydrogens is 456 g/mol. The summed E-state index contributed by atoms with van der Waals surface area (Å²) in [4.78, 5) is 60.1. The van der Waals surface area contributed by atoms with Crippen molar-refractivity contribution in [1.29, 1.82) is 0 Å². The lowest BCUT2D eigenvalue weighted by molar-refractivity contribution is -0.131. The Bertz CT molecular complexity index is 820. The van der Waals surface area contributed by atoms with Gasteiger partial charge in [0.2, 0.25) is 29.5 Å². The molecule has 0 saturated heterocycles. The van der Waals surface area contributed by atoms with Gasteiger partial charge in [0.25, 0.3) is 0 Å². The van der Waals surface area contributed by atoms with Crippen LogP contribution in [0.3, 0.4) is 0 Å². The van der Waals surface area contributed by atoms with Gasteiger partial charge < -0.3 is 37.0 Å². The summed E-state index contributed by atoms with van der Waals surface area (Å²) in [5.74, 6) is -2.56. The van der Waals surface area contributed by atoms with Gasteiger partial charge in [-0.25, -0.2) is 0 Å². The highest BCUT2D eigenvalue weighted by Crippen LogP contribution is 2.03. The van der Waals surface area contributed by atoms with Crippen LogP contribution in [0.15, 0.2) is 30.3 Å². The molecule has 1 aromatic rings. The lowest BCUT2D eigenvalue weighted by Gasteiger charge is -2.19. The van der Waals surface area contributed by atoms with E-state index in [0.29, 0.717) is 6.42 Å². The first-order valence-electron chi connectivity index (χ1n) is 11.5. The van der Waals surface area contributed by atoms with Gasteiger partial charge >= 0.3 is 0 Å². The number of rotatable bonds is 17. The number of amides is 5. The topological polar surface area (TPSA) is 178 Å². The molecule has 0 spiro atoms. The van der Waals surface area contributed by atoms with Gasteiger partial charge in [0.05, 0.1) is 19.6 Å². The van der Waals surface area contributed by atoms with Crippen molar-refractivity contribution in [1.82, 2.24) is 31.9 Å². The van der Waals surface area contributed by atoms with Crippen LogP contribution in [0, 0.1) is 0 Å². The third-order valence-corrected chi connectivity index (χ3v) is 4.86. The zero-order valence-electron chi connectivity index (χ0n) is 20.0. The van der Waals surface area contributed by atoms with Crippen LogP contribution in [0.25, 0.3) is 0 Å². The number of carbonyl (C=O) groups is 5. The molecule has 1 rings (SSSR count). The molecule has 0 unspecified atom stereocenters. The molecular formula is C23H36N6O6. The summed E-state index contributed by atoms with van der Waals surface area (Å²) in [6, 6.07) is 7.97. The first-order valence-corrected chi connectivity index (χ1v) is 11.5. The van der Waals surface area contributed by atoms with E-state index in [9.17, 15) is 24.0 Å². The third-order valence-electron chi connectivity index (χ3n) is 4.86. The molecule has 0 bridgehead atoms. The number of aliphatic hydroxyl groups excluding tert-OH is 1. The Hall–Kier alpha value is -3.51. The van der Waals surface area contributed by atoms with Gasteiger partial charge in [0.1, 0.15) is 12.8 Å². The highest BCUT2D eigenvalue weighted by atomic mass is 16.3. The third kappa shape index (κ3) is 14.4. The second kappa shape index (κ2) is 17.9. The first kappa shape index (κ1) is 29.5. The van der Waals surface area contributed by atoms with Gasteiger partial charge in [-0.15, -0.1) is 0 Å². The van der Waals surface area contributed by atoms with Gasteiger partial charge in [-0.2, -0.15) is 0 Å². The molecule has 1 aromatic carbocycles. The zero-order chi connectivity index (χ0) is 25.9. The summed E-state index contributed by atoms with van der Waals surface area (Å²) >= 11 is 0. The number of carbonyl (C=O) groups excluding carboxylic acids is 5. The zero-order valence-corrected chi connectivity index (χ0v) is 20.0. The Balaban J connectivity index is 2.47. The number of benzene rings is 1. The van der Waals surface area contributed by atoms with Gasteiger partial charge in [0, 0.05) is 12.8 Å². The predicted molar refractivity (Wildman–Crippen MR) is 129 cm³/mol. The Morgan fingerprint density at radius 2 is 1.40 bits per heavy atom. The molecule has 7 N–H and O–H groups in total. The maximum absolute atomic E-state index is 12.5. The number of unbranched alkanes of at least 4 members (excludes halogenated alkanes) is 2. The van der Waals surface area contributed by atoms with Crippen molar-refractivity contribution in [2.24, 2.45) is 0 Å². The average molecular weight is 493 g/mol. The molecule has 194 valence electrons. The fourth-order valence-corrected chi connectivity index (χ4v) is 3.02. The van der Waals surface area contributed by atoms with Crippen molar-refractivity contribution in [2.45, 2.75) is 38.1 Å². The Labute approximate surface area is 205 Å². The van der Waals surface area contributed by atoms with Crippen molar-refractivity contribution < 1.29 is 29.1 Å². The van der Waals surface area contributed by atoms with E-state index in [0.717, 1.165) is 31.4 Å². The van der Waals surface area contributed by atoms with Crippen LogP contribution in [0.4, 0.5) is 0 Å². The van der Waals surface area contributed by atoms with E-state index >= 15 is 0 Å². The van der Waals surface area contributed by atoms with Crippen LogP contribution < -0.4 is 31.9 Å². The smallest absolute Gasteiger partial charge is 0.243 e.